The number of carbonyl (C=O) groups is 1. The Bertz CT molecular complexity index is 464. The van der Waals surface area contributed by atoms with E-state index >= 15 is 0 Å². The van der Waals surface area contributed by atoms with Crippen molar-refractivity contribution in [2.45, 2.75) is 38.4 Å². The van der Waals surface area contributed by atoms with Crippen LogP contribution in [0.2, 0.25) is 0 Å². The second-order valence-electron chi connectivity index (χ2n) is 5.93. The molecular formula is C15H23N3O3. The molecule has 1 amide bonds. The SMILES string of the molecule is COCC1CN(C(=O)CCc2cnccn2)CC(C)(C)O1. The molecule has 1 aliphatic rings. The highest BCUT2D eigenvalue weighted by atomic mass is 16.5. The van der Waals surface area contributed by atoms with Crippen LogP contribution in [0.15, 0.2) is 18.6 Å². The molecule has 1 unspecified atom stereocenters. The number of aryl methyl sites for hydroxylation is 1. The molecule has 0 N–H and O–H groups in total. The number of ether oxygens (including phenoxy) is 2. The molecule has 0 spiro atoms. The van der Waals surface area contributed by atoms with E-state index in [1.54, 1.807) is 25.7 Å². The lowest BCUT2D eigenvalue weighted by molar-refractivity contribution is -0.168. The standard InChI is InChI=1S/C15H23N3O3/c1-15(2)11-18(9-13(21-15)10-20-3)14(19)5-4-12-8-16-6-7-17-12/h6-8,13H,4-5,9-11H2,1-3H3. The molecule has 21 heavy (non-hydrogen) atoms. The van der Waals surface area contributed by atoms with Crippen molar-refractivity contribution in [3.05, 3.63) is 24.3 Å². The Morgan fingerprint density at radius 1 is 1.52 bits per heavy atom. The summed E-state index contributed by atoms with van der Waals surface area (Å²) < 4.78 is 11.1. The first kappa shape index (κ1) is 15.9. The third-order valence-electron chi connectivity index (χ3n) is 3.40. The van der Waals surface area contributed by atoms with Gasteiger partial charge >= 0.3 is 0 Å². The average molecular weight is 293 g/mol. The second-order valence-corrected chi connectivity index (χ2v) is 5.93. The molecule has 2 heterocycles. The monoisotopic (exact) mass is 293 g/mol. The Morgan fingerprint density at radius 3 is 3.00 bits per heavy atom. The van der Waals surface area contributed by atoms with Crippen LogP contribution in [0.1, 0.15) is 26.0 Å². The van der Waals surface area contributed by atoms with Gasteiger partial charge in [-0.2, -0.15) is 0 Å². The van der Waals surface area contributed by atoms with Gasteiger partial charge in [0.05, 0.1) is 24.0 Å². The summed E-state index contributed by atoms with van der Waals surface area (Å²) in [5.41, 5.74) is 0.496. The first-order valence-electron chi connectivity index (χ1n) is 7.19. The average Bonchev–Trinajstić information content (AvgIpc) is 2.44. The molecular weight excluding hydrogens is 270 g/mol. The van der Waals surface area contributed by atoms with E-state index < -0.39 is 0 Å². The zero-order valence-electron chi connectivity index (χ0n) is 12.9. The molecule has 1 aromatic rings. The van der Waals surface area contributed by atoms with E-state index in [2.05, 4.69) is 9.97 Å². The molecule has 0 aliphatic carbocycles. The van der Waals surface area contributed by atoms with Gasteiger partial charge in [0.1, 0.15) is 0 Å². The summed E-state index contributed by atoms with van der Waals surface area (Å²) in [7, 11) is 1.64. The van der Waals surface area contributed by atoms with Gasteiger partial charge in [-0.05, 0) is 20.3 Å². The van der Waals surface area contributed by atoms with Crippen LogP contribution in [0.5, 0.6) is 0 Å². The van der Waals surface area contributed by atoms with Crippen LogP contribution in [0.3, 0.4) is 0 Å². The number of rotatable bonds is 5. The van der Waals surface area contributed by atoms with Gasteiger partial charge in [-0.15, -0.1) is 0 Å². The van der Waals surface area contributed by atoms with Gasteiger partial charge in [-0.1, -0.05) is 0 Å². The maximum atomic E-state index is 12.4. The number of morpholine rings is 1. The van der Waals surface area contributed by atoms with Gasteiger partial charge < -0.3 is 14.4 Å². The molecule has 116 valence electrons. The first-order chi connectivity index (χ1) is 10.00. The zero-order chi connectivity index (χ0) is 15.3. The zero-order valence-corrected chi connectivity index (χ0v) is 12.9. The van der Waals surface area contributed by atoms with E-state index in [0.717, 1.165) is 5.69 Å². The van der Waals surface area contributed by atoms with E-state index in [-0.39, 0.29) is 17.6 Å². The molecule has 0 bridgehead atoms. The number of methoxy groups -OCH3 is 1. The maximum Gasteiger partial charge on any atom is 0.223 e. The third kappa shape index (κ3) is 4.75. The van der Waals surface area contributed by atoms with Gasteiger partial charge in [-0.3, -0.25) is 14.8 Å². The van der Waals surface area contributed by atoms with Crippen molar-refractivity contribution in [2.75, 3.05) is 26.8 Å². The van der Waals surface area contributed by atoms with Crippen LogP contribution in [-0.2, 0) is 20.7 Å². The van der Waals surface area contributed by atoms with Crippen molar-refractivity contribution in [2.24, 2.45) is 0 Å². The summed E-state index contributed by atoms with van der Waals surface area (Å²) in [6, 6.07) is 0. The number of hydrogen-bond donors (Lipinski definition) is 0. The van der Waals surface area contributed by atoms with Crippen LogP contribution < -0.4 is 0 Å². The molecule has 1 fully saturated rings. The minimum absolute atomic E-state index is 0.0702. The molecule has 6 heteroatoms. The van der Waals surface area contributed by atoms with Crippen molar-refractivity contribution >= 4 is 5.91 Å². The molecule has 1 aromatic heterocycles. The van der Waals surface area contributed by atoms with E-state index in [0.29, 0.717) is 32.5 Å². The van der Waals surface area contributed by atoms with Crippen LogP contribution >= 0.6 is 0 Å². The summed E-state index contributed by atoms with van der Waals surface area (Å²) in [6.45, 7) is 5.68. The van der Waals surface area contributed by atoms with Crippen LogP contribution in [0, 0.1) is 0 Å². The minimum Gasteiger partial charge on any atom is -0.382 e. The minimum atomic E-state index is -0.344. The van der Waals surface area contributed by atoms with Gasteiger partial charge in [0, 0.05) is 45.2 Å². The number of hydrogen-bond acceptors (Lipinski definition) is 5. The quantitative estimate of drug-likeness (QED) is 0.812. The molecule has 0 saturated carbocycles. The Hall–Kier alpha value is -1.53. The summed E-state index contributed by atoms with van der Waals surface area (Å²) in [4.78, 5) is 22.5. The second kappa shape index (κ2) is 6.95. The number of aromatic nitrogens is 2. The Labute approximate surface area is 125 Å². The lowest BCUT2D eigenvalue weighted by atomic mass is 10.0. The van der Waals surface area contributed by atoms with Gasteiger partial charge in [0.15, 0.2) is 0 Å². The summed E-state index contributed by atoms with van der Waals surface area (Å²) in [6.07, 6.45) is 5.95. The number of nitrogens with zero attached hydrogens (tertiary/aromatic N) is 3. The fraction of sp³-hybridized carbons (Fsp3) is 0.667. The van der Waals surface area contributed by atoms with Crippen molar-refractivity contribution in [1.82, 2.24) is 14.9 Å². The van der Waals surface area contributed by atoms with Gasteiger partial charge in [-0.25, -0.2) is 0 Å². The Morgan fingerprint density at radius 2 is 2.33 bits per heavy atom. The van der Waals surface area contributed by atoms with E-state index in [1.807, 2.05) is 18.7 Å². The number of amides is 1. The normalized spacial score (nSPS) is 21.3. The van der Waals surface area contributed by atoms with E-state index in [9.17, 15) is 4.79 Å². The fourth-order valence-corrected chi connectivity index (χ4v) is 2.61. The highest BCUT2D eigenvalue weighted by Crippen LogP contribution is 2.22. The van der Waals surface area contributed by atoms with Crippen molar-refractivity contribution in [1.29, 1.82) is 0 Å². The number of carbonyl (C=O) groups excluding carboxylic acids is 1. The molecule has 6 nitrogen and oxygen atoms in total. The highest BCUT2D eigenvalue weighted by Gasteiger charge is 2.35. The Kier molecular flexibility index (Phi) is 5.25. The van der Waals surface area contributed by atoms with Crippen molar-refractivity contribution in [3.8, 4) is 0 Å². The first-order valence-corrected chi connectivity index (χ1v) is 7.19. The van der Waals surface area contributed by atoms with Gasteiger partial charge in [0.2, 0.25) is 5.91 Å². The predicted molar refractivity (Wildman–Crippen MR) is 77.8 cm³/mol. The molecule has 1 atom stereocenters. The van der Waals surface area contributed by atoms with E-state index in [4.69, 9.17) is 9.47 Å². The summed E-state index contributed by atoms with van der Waals surface area (Å²) >= 11 is 0. The van der Waals surface area contributed by atoms with E-state index in [1.165, 1.54) is 0 Å². The van der Waals surface area contributed by atoms with Crippen LogP contribution in [0.25, 0.3) is 0 Å². The van der Waals surface area contributed by atoms with Gasteiger partial charge in [0.25, 0.3) is 0 Å². The highest BCUT2D eigenvalue weighted by molar-refractivity contribution is 5.76. The molecule has 1 aliphatic heterocycles. The van der Waals surface area contributed by atoms with Crippen molar-refractivity contribution < 1.29 is 14.3 Å². The van der Waals surface area contributed by atoms with Crippen LogP contribution in [0.4, 0.5) is 0 Å². The maximum absolute atomic E-state index is 12.4. The molecule has 0 radical (unpaired) electrons. The topological polar surface area (TPSA) is 64.5 Å². The lowest BCUT2D eigenvalue weighted by Gasteiger charge is -2.42. The smallest absolute Gasteiger partial charge is 0.223 e. The molecule has 2 rings (SSSR count). The lowest BCUT2D eigenvalue weighted by Crippen LogP contribution is -2.55. The summed E-state index contributed by atoms with van der Waals surface area (Å²) in [5.74, 6) is 0.123. The molecule has 0 aromatic carbocycles. The Balaban J connectivity index is 1.91. The fourth-order valence-electron chi connectivity index (χ4n) is 2.61. The third-order valence-corrected chi connectivity index (χ3v) is 3.40. The molecule has 1 saturated heterocycles. The summed E-state index contributed by atoms with van der Waals surface area (Å²) in [5, 5.41) is 0. The van der Waals surface area contributed by atoms with Crippen molar-refractivity contribution in [3.63, 3.8) is 0 Å². The van der Waals surface area contributed by atoms with Crippen LogP contribution in [-0.4, -0.2) is 59.3 Å². The largest absolute Gasteiger partial charge is 0.382 e. The predicted octanol–water partition coefficient (Wildman–Crippen LogP) is 1.06.